The number of ketones is 2. The molecule has 0 amide bonds. The molecule has 2 aromatic carbocycles. The van der Waals surface area contributed by atoms with Crippen LogP contribution < -0.4 is 0 Å². The molecule has 4 nitrogen and oxygen atoms in total. The molecule has 4 heteroatoms. The van der Waals surface area contributed by atoms with Crippen molar-refractivity contribution < 1.29 is 19.8 Å². The van der Waals surface area contributed by atoms with Crippen molar-refractivity contribution in [1.29, 1.82) is 0 Å². The summed E-state index contributed by atoms with van der Waals surface area (Å²) in [7, 11) is 0. The van der Waals surface area contributed by atoms with Gasteiger partial charge in [0, 0.05) is 24.0 Å². The van der Waals surface area contributed by atoms with Crippen LogP contribution in [0.1, 0.15) is 60.2 Å². The maximum atomic E-state index is 11.3. The van der Waals surface area contributed by atoms with E-state index in [1.54, 1.807) is 24.3 Å². The van der Waals surface area contributed by atoms with Crippen molar-refractivity contribution in [2.45, 2.75) is 39.5 Å². The van der Waals surface area contributed by atoms with Crippen LogP contribution in [0.4, 0.5) is 0 Å². The molecular weight excluding hydrogens is 304 g/mol. The first-order chi connectivity index (χ1) is 11.5. The van der Waals surface area contributed by atoms with Gasteiger partial charge in [-0.3, -0.25) is 9.59 Å². The van der Waals surface area contributed by atoms with Crippen LogP contribution in [0.25, 0.3) is 0 Å². The van der Waals surface area contributed by atoms with E-state index in [1.165, 1.54) is 24.3 Å². The third-order valence-corrected chi connectivity index (χ3v) is 3.33. The molecule has 0 saturated heterocycles. The summed E-state index contributed by atoms with van der Waals surface area (Å²) >= 11 is 0. The Bertz CT molecular complexity index is 583. The van der Waals surface area contributed by atoms with E-state index < -0.39 is 0 Å². The molecule has 0 heterocycles. The summed E-state index contributed by atoms with van der Waals surface area (Å²) in [6, 6.07) is 12.7. The minimum atomic E-state index is 0.137. The van der Waals surface area contributed by atoms with Crippen LogP contribution in [0.15, 0.2) is 48.5 Å². The number of hydrogen-bond acceptors (Lipinski definition) is 4. The topological polar surface area (TPSA) is 74.6 Å². The summed E-state index contributed by atoms with van der Waals surface area (Å²) < 4.78 is 0. The first kappa shape index (κ1) is 19.4. The summed E-state index contributed by atoms with van der Waals surface area (Å²) in [4.78, 5) is 22.5. The molecule has 0 fully saturated rings. The fourth-order valence-electron chi connectivity index (χ4n) is 2.04. The molecule has 0 radical (unpaired) electrons. The van der Waals surface area contributed by atoms with Gasteiger partial charge in [0.1, 0.15) is 11.5 Å². The van der Waals surface area contributed by atoms with Crippen LogP contribution in [0.5, 0.6) is 11.5 Å². The van der Waals surface area contributed by atoms with Crippen LogP contribution in [0.2, 0.25) is 0 Å². The Hall–Kier alpha value is -2.62. The number of phenolic OH excluding ortho intramolecular Hbond substituents is 2. The minimum Gasteiger partial charge on any atom is -0.508 e. The zero-order valence-electron chi connectivity index (χ0n) is 14.2. The molecule has 0 aliphatic heterocycles. The molecule has 2 aromatic rings. The highest BCUT2D eigenvalue weighted by Crippen LogP contribution is 2.12. The van der Waals surface area contributed by atoms with E-state index >= 15 is 0 Å². The number of carbonyl (C=O) groups is 2. The molecule has 0 unspecified atom stereocenters. The van der Waals surface area contributed by atoms with Crippen LogP contribution in [0, 0.1) is 0 Å². The van der Waals surface area contributed by atoms with E-state index in [9.17, 15) is 9.59 Å². The maximum Gasteiger partial charge on any atom is 0.162 e. The quantitative estimate of drug-likeness (QED) is 0.750. The number of rotatable bonds is 6. The molecule has 2 N–H and O–H groups in total. The summed E-state index contributed by atoms with van der Waals surface area (Å²) in [5.74, 6) is 0.668. The van der Waals surface area contributed by atoms with Crippen LogP contribution in [-0.2, 0) is 0 Å². The van der Waals surface area contributed by atoms with Crippen molar-refractivity contribution in [2.75, 3.05) is 0 Å². The monoisotopic (exact) mass is 328 g/mol. The van der Waals surface area contributed by atoms with Gasteiger partial charge in [-0.2, -0.15) is 0 Å². The molecule has 0 spiro atoms. The number of aromatic hydroxyl groups is 2. The summed E-state index contributed by atoms with van der Waals surface area (Å²) in [5, 5.41) is 17.9. The zero-order valence-corrected chi connectivity index (χ0v) is 14.2. The van der Waals surface area contributed by atoms with Gasteiger partial charge in [0.05, 0.1) is 0 Å². The average Bonchev–Trinajstić information content (AvgIpc) is 2.57. The van der Waals surface area contributed by atoms with Gasteiger partial charge in [0.25, 0.3) is 0 Å². The number of carbonyl (C=O) groups excluding carboxylic acids is 2. The predicted molar refractivity (Wildman–Crippen MR) is 94.7 cm³/mol. The van der Waals surface area contributed by atoms with Gasteiger partial charge in [0.2, 0.25) is 0 Å². The summed E-state index contributed by atoms with van der Waals surface area (Å²) in [6.07, 6.45) is 2.87. The Labute approximate surface area is 142 Å². The lowest BCUT2D eigenvalue weighted by Gasteiger charge is -1.98. The first-order valence-electron chi connectivity index (χ1n) is 8.12. The molecule has 0 bridgehead atoms. The first-order valence-corrected chi connectivity index (χ1v) is 8.12. The van der Waals surface area contributed by atoms with Gasteiger partial charge < -0.3 is 10.2 Å². The number of hydrogen-bond donors (Lipinski definition) is 2. The van der Waals surface area contributed by atoms with Crippen molar-refractivity contribution >= 4 is 11.6 Å². The Morgan fingerprint density at radius 3 is 1.21 bits per heavy atom. The second-order valence-electron chi connectivity index (χ2n) is 5.44. The standard InChI is InChI=1S/2C10H12O2/c2*1-2-3-10(12)8-4-6-9(11)7-5-8/h2*4-7,11H,2-3H2,1H3. The van der Waals surface area contributed by atoms with Crippen molar-refractivity contribution in [1.82, 2.24) is 0 Å². The van der Waals surface area contributed by atoms with Crippen molar-refractivity contribution in [3.8, 4) is 11.5 Å². The highest BCUT2D eigenvalue weighted by atomic mass is 16.3. The Balaban J connectivity index is 0.000000240. The highest BCUT2D eigenvalue weighted by molar-refractivity contribution is 5.96. The second-order valence-corrected chi connectivity index (χ2v) is 5.44. The van der Waals surface area contributed by atoms with E-state index in [0.717, 1.165) is 12.8 Å². The van der Waals surface area contributed by atoms with Gasteiger partial charge in [-0.1, -0.05) is 13.8 Å². The van der Waals surface area contributed by atoms with E-state index in [0.29, 0.717) is 24.0 Å². The Morgan fingerprint density at radius 2 is 0.958 bits per heavy atom. The fraction of sp³-hybridized carbons (Fsp3) is 0.300. The average molecular weight is 328 g/mol. The van der Waals surface area contributed by atoms with Crippen molar-refractivity contribution in [2.24, 2.45) is 0 Å². The highest BCUT2D eigenvalue weighted by Gasteiger charge is 2.03. The minimum absolute atomic E-state index is 0.137. The summed E-state index contributed by atoms with van der Waals surface area (Å²) in [5.41, 5.74) is 1.35. The van der Waals surface area contributed by atoms with Crippen LogP contribution in [-0.4, -0.2) is 21.8 Å². The number of benzene rings is 2. The molecule has 24 heavy (non-hydrogen) atoms. The van der Waals surface area contributed by atoms with Crippen molar-refractivity contribution in [3.63, 3.8) is 0 Å². The van der Waals surface area contributed by atoms with Gasteiger partial charge in [-0.05, 0) is 61.4 Å². The van der Waals surface area contributed by atoms with E-state index in [2.05, 4.69) is 0 Å². The maximum absolute atomic E-state index is 11.3. The lowest BCUT2D eigenvalue weighted by Crippen LogP contribution is -1.96. The predicted octanol–water partition coefficient (Wildman–Crippen LogP) is 4.75. The van der Waals surface area contributed by atoms with Gasteiger partial charge in [-0.25, -0.2) is 0 Å². The second kappa shape index (κ2) is 10.2. The van der Waals surface area contributed by atoms with Gasteiger partial charge >= 0.3 is 0 Å². The molecule has 0 aromatic heterocycles. The number of Topliss-reactive ketones (excluding diaryl/α,β-unsaturated/α-hetero) is 2. The fourth-order valence-corrected chi connectivity index (χ4v) is 2.04. The molecule has 0 aliphatic carbocycles. The lowest BCUT2D eigenvalue weighted by atomic mass is 10.1. The van der Waals surface area contributed by atoms with E-state index in [1.807, 2.05) is 13.8 Å². The Morgan fingerprint density at radius 1 is 0.667 bits per heavy atom. The molecule has 0 aliphatic rings. The Kier molecular flexibility index (Phi) is 8.26. The van der Waals surface area contributed by atoms with E-state index in [-0.39, 0.29) is 23.1 Å². The third kappa shape index (κ3) is 6.65. The van der Waals surface area contributed by atoms with Crippen LogP contribution >= 0.6 is 0 Å². The van der Waals surface area contributed by atoms with Gasteiger partial charge in [-0.15, -0.1) is 0 Å². The molecule has 128 valence electrons. The third-order valence-electron chi connectivity index (χ3n) is 3.33. The normalized spacial score (nSPS) is 9.75. The smallest absolute Gasteiger partial charge is 0.162 e. The molecule has 0 atom stereocenters. The largest absolute Gasteiger partial charge is 0.508 e. The van der Waals surface area contributed by atoms with E-state index in [4.69, 9.17) is 10.2 Å². The lowest BCUT2D eigenvalue weighted by molar-refractivity contribution is 0.0973. The SMILES string of the molecule is CCCC(=O)c1ccc(O)cc1.CCCC(=O)c1ccc(O)cc1. The summed E-state index contributed by atoms with van der Waals surface area (Å²) in [6.45, 7) is 3.94. The molecule has 2 rings (SSSR count). The number of phenols is 2. The molecule has 0 saturated carbocycles. The van der Waals surface area contributed by atoms with Crippen molar-refractivity contribution in [3.05, 3.63) is 59.7 Å². The van der Waals surface area contributed by atoms with Crippen LogP contribution in [0.3, 0.4) is 0 Å². The molecular formula is C20H24O4. The zero-order chi connectivity index (χ0) is 17.9. The van der Waals surface area contributed by atoms with Gasteiger partial charge in [0.15, 0.2) is 11.6 Å².